The monoisotopic (exact) mass is 455 g/mol. The van der Waals surface area contributed by atoms with E-state index < -0.39 is 34.1 Å². The van der Waals surface area contributed by atoms with Crippen LogP contribution in [-0.4, -0.2) is 49.3 Å². The Morgan fingerprint density at radius 3 is 2.44 bits per heavy atom. The first-order chi connectivity index (χ1) is 15.3. The second-order valence-electron chi connectivity index (χ2n) is 7.35. The van der Waals surface area contributed by atoms with Crippen LogP contribution in [0.5, 0.6) is 0 Å². The van der Waals surface area contributed by atoms with Gasteiger partial charge in [-0.05, 0) is 43.2 Å². The molecule has 0 saturated carbocycles. The van der Waals surface area contributed by atoms with E-state index in [0.29, 0.717) is 29.7 Å². The Morgan fingerprint density at radius 1 is 1.03 bits per heavy atom. The van der Waals surface area contributed by atoms with Crippen LogP contribution in [0.1, 0.15) is 23.2 Å². The molecular formula is C22H21N3O6S. The maximum absolute atomic E-state index is 12.6. The molecule has 2 heterocycles. The lowest BCUT2D eigenvalue weighted by Gasteiger charge is -2.15. The number of ether oxygens (including phenoxy) is 1. The number of carbonyl (C=O) groups excluding carboxylic acids is 2. The van der Waals surface area contributed by atoms with E-state index in [2.05, 4.69) is 10.3 Å². The molecule has 1 amide bonds. The number of pyridine rings is 1. The molecule has 1 saturated heterocycles. The van der Waals surface area contributed by atoms with Crippen LogP contribution < -0.4 is 10.9 Å². The number of nitrogens with zero attached hydrogens (tertiary/aromatic N) is 1. The van der Waals surface area contributed by atoms with E-state index in [-0.39, 0.29) is 10.5 Å². The molecule has 166 valence electrons. The Hall–Kier alpha value is -3.50. The molecule has 4 rings (SSSR count). The summed E-state index contributed by atoms with van der Waals surface area (Å²) in [4.78, 5) is 39.2. The Labute approximate surface area is 184 Å². The molecule has 1 aliphatic heterocycles. The van der Waals surface area contributed by atoms with E-state index >= 15 is 0 Å². The highest BCUT2D eigenvalue weighted by atomic mass is 32.2. The zero-order valence-corrected chi connectivity index (χ0v) is 17.9. The average Bonchev–Trinajstić information content (AvgIpc) is 3.33. The summed E-state index contributed by atoms with van der Waals surface area (Å²) in [5, 5.41) is 3.06. The molecule has 0 aliphatic carbocycles. The van der Waals surface area contributed by atoms with Gasteiger partial charge in [0.2, 0.25) is 15.6 Å². The number of fused-ring (bicyclic) bond motifs is 1. The standard InChI is InChI=1S/C22H21N3O6S/c26-20-13-18(17-5-1-2-6-19(17)24-20)22(28)31-14-21(27)23-15-7-9-16(10-8-15)32(29,30)25-11-3-4-12-25/h1-2,5-10,13H,3-4,11-12,14H2,(H,23,27)(H,24,26). The number of carbonyl (C=O) groups is 2. The van der Waals surface area contributed by atoms with Gasteiger partial charge in [0, 0.05) is 35.7 Å². The van der Waals surface area contributed by atoms with Crippen molar-refractivity contribution in [1.29, 1.82) is 0 Å². The van der Waals surface area contributed by atoms with Crippen molar-refractivity contribution in [3.63, 3.8) is 0 Å². The molecule has 2 aromatic carbocycles. The van der Waals surface area contributed by atoms with E-state index in [9.17, 15) is 22.8 Å². The predicted molar refractivity (Wildman–Crippen MR) is 118 cm³/mol. The molecule has 32 heavy (non-hydrogen) atoms. The van der Waals surface area contributed by atoms with Crippen molar-refractivity contribution in [1.82, 2.24) is 9.29 Å². The topological polar surface area (TPSA) is 126 Å². The van der Waals surface area contributed by atoms with Crippen LogP contribution in [0.3, 0.4) is 0 Å². The molecule has 0 unspecified atom stereocenters. The van der Waals surface area contributed by atoms with E-state index in [4.69, 9.17) is 4.74 Å². The SMILES string of the molecule is O=C(COC(=O)c1cc(=O)[nH]c2ccccc12)Nc1ccc(S(=O)(=O)N2CCCC2)cc1. The number of rotatable bonds is 6. The van der Waals surface area contributed by atoms with Gasteiger partial charge >= 0.3 is 5.97 Å². The van der Waals surface area contributed by atoms with Gasteiger partial charge in [0.1, 0.15) is 0 Å². The normalized spacial score (nSPS) is 14.4. The number of H-pyrrole nitrogens is 1. The van der Waals surface area contributed by atoms with Gasteiger partial charge in [-0.25, -0.2) is 13.2 Å². The Balaban J connectivity index is 1.38. The number of hydrogen-bond acceptors (Lipinski definition) is 6. The summed E-state index contributed by atoms with van der Waals surface area (Å²) in [7, 11) is -3.53. The number of hydrogen-bond donors (Lipinski definition) is 2. The third kappa shape index (κ3) is 4.56. The number of aromatic amines is 1. The van der Waals surface area contributed by atoms with E-state index in [0.717, 1.165) is 18.9 Å². The number of aromatic nitrogens is 1. The van der Waals surface area contributed by atoms with Gasteiger partial charge in [-0.3, -0.25) is 9.59 Å². The molecule has 10 heteroatoms. The van der Waals surface area contributed by atoms with Crippen molar-refractivity contribution in [2.45, 2.75) is 17.7 Å². The molecule has 1 fully saturated rings. The second-order valence-corrected chi connectivity index (χ2v) is 9.29. The minimum absolute atomic E-state index is 0.0635. The molecule has 9 nitrogen and oxygen atoms in total. The Kier molecular flexibility index (Phi) is 6.06. The van der Waals surface area contributed by atoms with Crippen LogP contribution in [0.15, 0.2) is 64.3 Å². The highest BCUT2D eigenvalue weighted by molar-refractivity contribution is 7.89. The largest absolute Gasteiger partial charge is 0.452 e. The summed E-state index contributed by atoms with van der Waals surface area (Å²) in [6.07, 6.45) is 1.69. The van der Waals surface area contributed by atoms with Gasteiger partial charge < -0.3 is 15.0 Å². The highest BCUT2D eigenvalue weighted by Gasteiger charge is 2.27. The smallest absolute Gasteiger partial charge is 0.339 e. The molecule has 0 radical (unpaired) electrons. The first-order valence-electron chi connectivity index (χ1n) is 10.0. The maximum Gasteiger partial charge on any atom is 0.339 e. The molecule has 0 bridgehead atoms. The zero-order chi connectivity index (χ0) is 22.7. The first-order valence-corrected chi connectivity index (χ1v) is 11.5. The van der Waals surface area contributed by atoms with Gasteiger partial charge in [-0.2, -0.15) is 4.31 Å². The third-order valence-electron chi connectivity index (χ3n) is 5.15. The van der Waals surface area contributed by atoms with Gasteiger partial charge in [-0.15, -0.1) is 0 Å². The molecule has 2 N–H and O–H groups in total. The Bertz CT molecular complexity index is 1330. The summed E-state index contributed by atoms with van der Waals surface area (Å²) in [5.41, 5.74) is 0.464. The van der Waals surface area contributed by atoms with Crippen LogP contribution in [0.2, 0.25) is 0 Å². The molecule has 1 aliphatic rings. The van der Waals surface area contributed by atoms with Crippen molar-refractivity contribution in [2.24, 2.45) is 0 Å². The lowest BCUT2D eigenvalue weighted by molar-refractivity contribution is -0.119. The third-order valence-corrected chi connectivity index (χ3v) is 7.06. The molecule has 0 atom stereocenters. The van der Waals surface area contributed by atoms with E-state index in [1.165, 1.54) is 28.6 Å². The summed E-state index contributed by atoms with van der Waals surface area (Å²) >= 11 is 0. The van der Waals surface area contributed by atoms with Gasteiger partial charge in [-0.1, -0.05) is 18.2 Å². The van der Waals surface area contributed by atoms with Crippen molar-refractivity contribution in [2.75, 3.05) is 25.0 Å². The van der Waals surface area contributed by atoms with Crippen LogP contribution in [0.4, 0.5) is 5.69 Å². The predicted octanol–water partition coefficient (Wildman–Crippen LogP) is 2.11. The lowest BCUT2D eigenvalue weighted by atomic mass is 10.1. The number of amides is 1. The fraction of sp³-hybridized carbons (Fsp3) is 0.227. The number of benzene rings is 2. The van der Waals surface area contributed by atoms with Gasteiger partial charge in [0.25, 0.3) is 5.91 Å². The van der Waals surface area contributed by atoms with Crippen molar-refractivity contribution >= 4 is 38.5 Å². The summed E-state index contributed by atoms with van der Waals surface area (Å²) in [6.45, 7) is 0.456. The van der Waals surface area contributed by atoms with Crippen LogP contribution in [-0.2, 0) is 19.6 Å². The van der Waals surface area contributed by atoms with Crippen LogP contribution in [0, 0.1) is 0 Å². The van der Waals surface area contributed by atoms with Gasteiger partial charge in [0.15, 0.2) is 6.61 Å². The summed E-state index contributed by atoms with van der Waals surface area (Å²) < 4.78 is 31.6. The van der Waals surface area contributed by atoms with Crippen molar-refractivity contribution in [3.8, 4) is 0 Å². The summed E-state index contributed by atoms with van der Waals surface area (Å²) in [5.74, 6) is -1.39. The van der Waals surface area contributed by atoms with Crippen LogP contribution in [0.25, 0.3) is 10.9 Å². The number of nitrogens with one attached hydrogen (secondary N) is 2. The fourth-order valence-corrected chi connectivity index (χ4v) is 5.08. The lowest BCUT2D eigenvalue weighted by Crippen LogP contribution is -2.27. The number of para-hydroxylation sites is 1. The highest BCUT2D eigenvalue weighted by Crippen LogP contribution is 2.22. The van der Waals surface area contributed by atoms with E-state index in [1.807, 2.05) is 0 Å². The average molecular weight is 455 g/mol. The van der Waals surface area contributed by atoms with Gasteiger partial charge in [0.05, 0.1) is 10.5 Å². The first kappa shape index (κ1) is 21.7. The number of sulfonamides is 1. The van der Waals surface area contributed by atoms with E-state index in [1.54, 1.807) is 24.3 Å². The fourth-order valence-electron chi connectivity index (χ4n) is 3.57. The zero-order valence-electron chi connectivity index (χ0n) is 17.0. The number of esters is 1. The van der Waals surface area contributed by atoms with Crippen molar-refractivity contribution in [3.05, 3.63) is 70.5 Å². The van der Waals surface area contributed by atoms with Crippen molar-refractivity contribution < 1.29 is 22.7 Å². The molecule has 0 spiro atoms. The molecule has 3 aromatic rings. The van der Waals surface area contributed by atoms with Crippen LogP contribution >= 0.6 is 0 Å². The minimum atomic E-state index is -3.53. The minimum Gasteiger partial charge on any atom is -0.452 e. The quantitative estimate of drug-likeness (QED) is 0.549. The maximum atomic E-state index is 12.6. The number of anilines is 1. The Morgan fingerprint density at radius 2 is 1.72 bits per heavy atom. The molecular weight excluding hydrogens is 434 g/mol. The second kappa shape index (κ2) is 8.93. The molecule has 1 aromatic heterocycles. The summed E-state index contributed by atoms with van der Waals surface area (Å²) in [6, 6.07) is 13.7.